The first-order chi connectivity index (χ1) is 10.0. The minimum absolute atomic E-state index is 0.0349. The first-order valence-electron chi connectivity index (χ1n) is 6.63. The quantitative estimate of drug-likeness (QED) is 0.850. The number of hydrogen-bond donors (Lipinski definition) is 2. The van der Waals surface area contributed by atoms with E-state index in [1.807, 2.05) is 19.1 Å². The normalized spacial score (nSPS) is 10.4. The molecular weight excluding hydrogens is 271 g/mol. The summed E-state index contributed by atoms with van der Waals surface area (Å²) in [5.41, 5.74) is 7.15. The van der Waals surface area contributed by atoms with Crippen LogP contribution in [0.1, 0.15) is 22.8 Å². The van der Waals surface area contributed by atoms with E-state index in [0.717, 1.165) is 17.7 Å². The number of rotatable bonds is 4. The molecule has 0 fully saturated rings. The molecule has 2 rings (SSSR count). The number of anilines is 1. The van der Waals surface area contributed by atoms with E-state index in [1.54, 1.807) is 12.1 Å². The number of hydrogen-bond acceptors (Lipinski definition) is 3. The third-order valence-electron chi connectivity index (χ3n) is 3.21. The molecule has 2 aromatic rings. The standard InChI is InChI=1S/C16H17FN2O2/c1-2-19(10-11-3-6-13(18)7-4-11)16(21)14-9-12(17)5-8-15(14)20/h3-9,20H,2,10,18H2,1H3. The molecular formula is C16H17FN2O2. The van der Waals surface area contributed by atoms with Gasteiger partial charge in [-0.3, -0.25) is 4.79 Å². The second-order valence-electron chi connectivity index (χ2n) is 4.72. The van der Waals surface area contributed by atoms with Crippen molar-refractivity contribution in [2.75, 3.05) is 12.3 Å². The van der Waals surface area contributed by atoms with Crippen molar-refractivity contribution in [1.82, 2.24) is 4.90 Å². The van der Waals surface area contributed by atoms with Crippen LogP contribution in [0.4, 0.5) is 10.1 Å². The van der Waals surface area contributed by atoms with Gasteiger partial charge in [0.25, 0.3) is 5.91 Å². The van der Waals surface area contributed by atoms with Crippen molar-refractivity contribution in [2.24, 2.45) is 0 Å². The number of phenolic OH excluding ortho intramolecular Hbond substituents is 1. The molecule has 2 aromatic carbocycles. The molecule has 0 saturated heterocycles. The fourth-order valence-corrected chi connectivity index (χ4v) is 2.02. The highest BCUT2D eigenvalue weighted by Crippen LogP contribution is 2.21. The molecule has 0 aromatic heterocycles. The molecule has 21 heavy (non-hydrogen) atoms. The number of carbonyl (C=O) groups excluding carboxylic acids is 1. The van der Waals surface area contributed by atoms with Gasteiger partial charge in [-0.15, -0.1) is 0 Å². The van der Waals surface area contributed by atoms with E-state index in [0.29, 0.717) is 18.8 Å². The zero-order valence-electron chi connectivity index (χ0n) is 11.7. The second kappa shape index (κ2) is 6.26. The van der Waals surface area contributed by atoms with Crippen LogP contribution in [0.3, 0.4) is 0 Å². The number of carbonyl (C=O) groups is 1. The highest BCUT2D eigenvalue weighted by molar-refractivity contribution is 5.96. The summed E-state index contributed by atoms with van der Waals surface area (Å²) in [7, 11) is 0. The summed E-state index contributed by atoms with van der Waals surface area (Å²) >= 11 is 0. The minimum Gasteiger partial charge on any atom is -0.507 e. The summed E-state index contributed by atoms with van der Waals surface area (Å²) in [6.07, 6.45) is 0. The van der Waals surface area contributed by atoms with E-state index in [9.17, 15) is 14.3 Å². The maximum absolute atomic E-state index is 13.3. The number of amides is 1. The smallest absolute Gasteiger partial charge is 0.258 e. The Labute approximate surface area is 122 Å². The first kappa shape index (κ1) is 14.8. The number of nitrogens with two attached hydrogens (primary N) is 1. The van der Waals surface area contributed by atoms with Crippen molar-refractivity contribution in [3.8, 4) is 5.75 Å². The Bertz CT molecular complexity index is 641. The number of nitrogens with zero attached hydrogens (tertiary/aromatic N) is 1. The van der Waals surface area contributed by atoms with Crippen molar-refractivity contribution in [2.45, 2.75) is 13.5 Å². The summed E-state index contributed by atoms with van der Waals surface area (Å²) in [6.45, 7) is 2.64. The maximum atomic E-state index is 13.3. The lowest BCUT2D eigenvalue weighted by atomic mass is 10.1. The molecule has 110 valence electrons. The first-order valence-corrected chi connectivity index (χ1v) is 6.63. The van der Waals surface area contributed by atoms with Crippen LogP contribution in [0.5, 0.6) is 5.75 Å². The van der Waals surface area contributed by atoms with Gasteiger partial charge in [-0.1, -0.05) is 12.1 Å². The van der Waals surface area contributed by atoms with Crippen LogP contribution in [0.15, 0.2) is 42.5 Å². The molecule has 0 radical (unpaired) electrons. The summed E-state index contributed by atoms with van der Waals surface area (Å²) in [5, 5.41) is 9.72. The monoisotopic (exact) mass is 288 g/mol. The lowest BCUT2D eigenvalue weighted by Gasteiger charge is -2.21. The van der Waals surface area contributed by atoms with Crippen molar-refractivity contribution in [3.05, 3.63) is 59.4 Å². The molecule has 0 spiro atoms. The number of aromatic hydroxyl groups is 1. The number of phenols is 1. The van der Waals surface area contributed by atoms with Crippen molar-refractivity contribution in [3.63, 3.8) is 0 Å². The Hall–Kier alpha value is -2.56. The van der Waals surface area contributed by atoms with E-state index in [4.69, 9.17) is 5.73 Å². The van der Waals surface area contributed by atoms with Gasteiger partial charge in [0.1, 0.15) is 11.6 Å². The highest BCUT2D eigenvalue weighted by Gasteiger charge is 2.18. The third kappa shape index (κ3) is 3.51. The number of halogens is 1. The minimum atomic E-state index is -0.556. The fraction of sp³-hybridized carbons (Fsp3) is 0.188. The van der Waals surface area contributed by atoms with Gasteiger partial charge >= 0.3 is 0 Å². The zero-order valence-corrected chi connectivity index (χ0v) is 11.7. The molecule has 0 bridgehead atoms. The molecule has 0 aliphatic heterocycles. The molecule has 5 heteroatoms. The van der Waals surface area contributed by atoms with Crippen LogP contribution in [0, 0.1) is 5.82 Å². The van der Waals surface area contributed by atoms with Crippen LogP contribution >= 0.6 is 0 Å². The van der Waals surface area contributed by atoms with Gasteiger partial charge in [-0.25, -0.2) is 4.39 Å². The topological polar surface area (TPSA) is 66.6 Å². The van der Waals surface area contributed by atoms with Crippen molar-refractivity contribution >= 4 is 11.6 Å². The average Bonchev–Trinajstić information content (AvgIpc) is 2.48. The predicted octanol–water partition coefficient (Wildman–Crippen LogP) is 2.78. The molecule has 0 saturated carbocycles. The van der Waals surface area contributed by atoms with E-state index < -0.39 is 11.7 Å². The Morgan fingerprint density at radius 2 is 1.90 bits per heavy atom. The number of nitrogen functional groups attached to an aromatic ring is 1. The molecule has 0 aliphatic carbocycles. The van der Waals surface area contributed by atoms with E-state index >= 15 is 0 Å². The Balaban J connectivity index is 2.22. The molecule has 0 atom stereocenters. The lowest BCUT2D eigenvalue weighted by molar-refractivity contribution is 0.0749. The van der Waals surface area contributed by atoms with Crippen molar-refractivity contribution in [1.29, 1.82) is 0 Å². The van der Waals surface area contributed by atoms with Gasteiger partial charge in [0.2, 0.25) is 0 Å². The molecule has 0 unspecified atom stereocenters. The van der Waals surface area contributed by atoms with Gasteiger partial charge < -0.3 is 15.7 Å². The molecule has 0 heterocycles. The van der Waals surface area contributed by atoms with Gasteiger partial charge in [0.15, 0.2) is 0 Å². The van der Waals surface area contributed by atoms with Crippen LogP contribution in [0.2, 0.25) is 0 Å². The van der Waals surface area contributed by atoms with Gasteiger partial charge in [0, 0.05) is 18.8 Å². The van der Waals surface area contributed by atoms with E-state index in [2.05, 4.69) is 0 Å². The van der Waals surface area contributed by atoms with Crippen LogP contribution in [-0.2, 0) is 6.54 Å². The van der Waals surface area contributed by atoms with Gasteiger partial charge in [0.05, 0.1) is 5.56 Å². The van der Waals surface area contributed by atoms with Crippen molar-refractivity contribution < 1.29 is 14.3 Å². The third-order valence-corrected chi connectivity index (χ3v) is 3.21. The van der Waals surface area contributed by atoms with Gasteiger partial charge in [-0.05, 0) is 42.8 Å². The zero-order chi connectivity index (χ0) is 15.4. The largest absolute Gasteiger partial charge is 0.507 e. The molecule has 3 N–H and O–H groups in total. The summed E-state index contributed by atoms with van der Waals surface area (Å²) in [4.78, 5) is 13.9. The molecule has 0 aliphatic rings. The summed E-state index contributed by atoms with van der Waals surface area (Å²) in [5.74, 6) is -1.19. The van der Waals surface area contributed by atoms with E-state index in [1.165, 1.54) is 11.0 Å². The second-order valence-corrected chi connectivity index (χ2v) is 4.72. The molecule has 1 amide bonds. The Morgan fingerprint density at radius 1 is 1.24 bits per heavy atom. The predicted molar refractivity (Wildman–Crippen MR) is 79.3 cm³/mol. The molecule has 4 nitrogen and oxygen atoms in total. The highest BCUT2D eigenvalue weighted by atomic mass is 19.1. The van der Waals surface area contributed by atoms with E-state index in [-0.39, 0.29) is 11.3 Å². The van der Waals surface area contributed by atoms with Gasteiger partial charge in [-0.2, -0.15) is 0 Å². The van der Waals surface area contributed by atoms with Crippen LogP contribution < -0.4 is 5.73 Å². The average molecular weight is 288 g/mol. The van der Waals surface area contributed by atoms with Crippen LogP contribution in [-0.4, -0.2) is 22.5 Å². The fourth-order valence-electron chi connectivity index (χ4n) is 2.02. The van der Waals surface area contributed by atoms with Crippen LogP contribution in [0.25, 0.3) is 0 Å². The summed E-state index contributed by atoms with van der Waals surface area (Å²) < 4.78 is 13.3. The number of benzene rings is 2. The summed E-state index contributed by atoms with van der Waals surface area (Å²) in [6, 6.07) is 10.5. The SMILES string of the molecule is CCN(Cc1ccc(N)cc1)C(=O)c1cc(F)ccc1O. The Kier molecular flexibility index (Phi) is 4.42. The Morgan fingerprint density at radius 3 is 2.52 bits per heavy atom. The lowest BCUT2D eigenvalue weighted by Crippen LogP contribution is -2.30. The maximum Gasteiger partial charge on any atom is 0.258 e.